The SMILES string of the molecule is COc1cccc(C(=O)N2CCOC(CO)C2c2ccc(OC)c(OC)c2)c1. The number of carbonyl (C=O) groups is 1. The van der Waals surface area contributed by atoms with E-state index in [1.807, 2.05) is 12.1 Å². The molecule has 0 aliphatic carbocycles. The molecular formula is C21H25NO6. The molecular weight excluding hydrogens is 362 g/mol. The van der Waals surface area contributed by atoms with Crippen LogP contribution < -0.4 is 14.2 Å². The van der Waals surface area contributed by atoms with Crippen LogP contribution in [-0.4, -0.2) is 63.1 Å². The summed E-state index contributed by atoms with van der Waals surface area (Å²) in [5.74, 6) is 1.60. The molecule has 2 aromatic carbocycles. The van der Waals surface area contributed by atoms with Gasteiger partial charge in [-0.25, -0.2) is 0 Å². The maximum atomic E-state index is 13.3. The average Bonchev–Trinajstić information content (AvgIpc) is 2.77. The number of hydrogen-bond donors (Lipinski definition) is 1. The normalized spacial score (nSPS) is 19.2. The van der Waals surface area contributed by atoms with Crippen molar-refractivity contribution in [1.82, 2.24) is 4.90 Å². The van der Waals surface area contributed by atoms with Gasteiger partial charge in [0.15, 0.2) is 11.5 Å². The Balaban J connectivity index is 2.00. The minimum atomic E-state index is -0.540. The van der Waals surface area contributed by atoms with Crippen molar-refractivity contribution < 1.29 is 28.8 Å². The number of methoxy groups -OCH3 is 3. The first-order valence-corrected chi connectivity index (χ1v) is 9.02. The van der Waals surface area contributed by atoms with Crippen LogP contribution in [0.3, 0.4) is 0 Å². The lowest BCUT2D eigenvalue weighted by atomic mass is 9.96. The summed E-state index contributed by atoms with van der Waals surface area (Å²) in [4.78, 5) is 15.0. The average molecular weight is 387 g/mol. The zero-order chi connectivity index (χ0) is 20.1. The second-order valence-electron chi connectivity index (χ2n) is 6.38. The summed E-state index contributed by atoms with van der Waals surface area (Å²) in [7, 11) is 4.69. The Hall–Kier alpha value is -2.77. The van der Waals surface area contributed by atoms with Gasteiger partial charge >= 0.3 is 0 Å². The molecule has 0 radical (unpaired) electrons. The van der Waals surface area contributed by atoms with Gasteiger partial charge in [0.1, 0.15) is 11.9 Å². The summed E-state index contributed by atoms with van der Waals surface area (Å²) in [5.41, 5.74) is 1.32. The zero-order valence-electron chi connectivity index (χ0n) is 16.3. The van der Waals surface area contributed by atoms with E-state index in [2.05, 4.69) is 0 Å². The Kier molecular flexibility index (Phi) is 6.38. The minimum Gasteiger partial charge on any atom is -0.497 e. The Labute approximate surface area is 164 Å². The standard InChI is InChI=1S/C21H25NO6/c1-25-16-6-4-5-15(11-16)21(24)22-9-10-28-19(13-23)20(22)14-7-8-17(26-2)18(12-14)27-3/h4-8,11-12,19-20,23H,9-10,13H2,1-3H3. The van der Waals surface area contributed by atoms with Crippen molar-refractivity contribution >= 4 is 5.91 Å². The number of rotatable bonds is 6. The maximum absolute atomic E-state index is 13.3. The molecule has 28 heavy (non-hydrogen) atoms. The van der Waals surface area contributed by atoms with Crippen molar-refractivity contribution in [2.45, 2.75) is 12.1 Å². The largest absolute Gasteiger partial charge is 0.497 e. The molecule has 7 nitrogen and oxygen atoms in total. The van der Waals surface area contributed by atoms with E-state index in [0.717, 1.165) is 5.56 Å². The Morgan fingerprint density at radius 3 is 2.57 bits per heavy atom. The van der Waals surface area contributed by atoms with Crippen LogP contribution in [0.15, 0.2) is 42.5 Å². The lowest BCUT2D eigenvalue weighted by molar-refractivity contribution is -0.0811. The summed E-state index contributed by atoms with van der Waals surface area (Å²) >= 11 is 0. The fourth-order valence-electron chi connectivity index (χ4n) is 3.47. The van der Waals surface area contributed by atoms with Crippen molar-refractivity contribution in [3.8, 4) is 17.2 Å². The molecule has 1 fully saturated rings. The van der Waals surface area contributed by atoms with E-state index in [-0.39, 0.29) is 12.5 Å². The van der Waals surface area contributed by atoms with Crippen LogP contribution >= 0.6 is 0 Å². The fourth-order valence-corrected chi connectivity index (χ4v) is 3.47. The van der Waals surface area contributed by atoms with Crippen LogP contribution in [0, 0.1) is 0 Å². The predicted octanol–water partition coefficient (Wildman–Crippen LogP) is 2.29. The van der Waals surface area contributed by atoms with E-state index >= 15 is 0 Å². The Morgan fingerprint density at radius 1 is 1.11 bits per heavy atom. The van der Waals surface area contributed by atoms with Gasteiger partial charge < -0.3 is 29.0 Å². The van der Waals surface area contributed by atoms with Gasteiger partial charge in [-0.05, 0) is 35.9 Å². The molecule has 0 aromatic heterocycles. The number of benzene rings is 2. The summed E-state index contributed by atoms with van der Waals surface area (Å²) in [6, 6.07) is 12.0. The fraction of sp³-hybridized carbons (Fsp3) is 0.381. The van der Waals surface area contributed by atoms with Crippen LogP contribution in [0.1, 0.15) is 22.0 Å². The van der Waals surface area contributed by atoms with Gasteiger partial charge in [0.05, 0.1) is 40.6 Å². The predicted molar refractivity (Wildman–Crippen MR) is 103 cm³/mol. The highest BCUT2D eigenvalue weighted by atomic mass is 16.5. The smallest absolute Gasteiger partial charge is 0.254 e. The monoisotopic (exact) mass is 387 g/mol. The molecule has 0 spiro atoms. The zero-order valence-corrected chi connectivity index (χ0v) is 16.3. The van der Waals surface area contributed by atoms with Crippen molar-refractivity contribution in [2.24, 2.45) is 0 Å². The highest BCUT2D eigenvalue weighted by Gasteiger charge is 2.37. The van der Waals surface area contributed by atoms with Crippen LogP contribution in [0.4, 0.5) is 0 Å². The van der Waals surface area contributed by atoms with Gasteiger partial charge in [-0.1, -0.05) is 12.1 Å². The van der Waals surface area contributed by atoms with Crippen LogP contribution in [0.2, 0.25) is 0 Å². The van der Waals surface area contributed by atoms with E-state index < -0.39 is 12.1 Å². The van der Waals surface area contributed by atoms with Crippen LogP contribution in [-0.2, 0) is 4.74 Å². The molecule has 1 aliphatic heterocycles. The van der Waals surface area contributed by atoms with Gasteiger partial charge in [-0.15, -0.1) is 0 Å². The molecule has 150 valence electrons. The second-order valence-corrected chi connectivity index (χ2v) is 6.38. The Bertz CT molecular complexity index is 824. The van der Waals surface area contributed by atoms with E-state index in [4.69, 9.17) is 18.9 Å². The van der Waals surface area contributed by atoms with E-state index in [1.54, 1.807) is 56.6 Å². The van der Waals surface area contributed by atoms with Crippen LogP contribution in [0.25, 0.3) is 0 Å². The quantitative estimate of drug-likeness (QED) is 0.820. The van der Waals surface area contributed by atoms with Crippen molar-refractivity contribution in [2.75, 3.05) is 41.1 Å². The number of amides is 1. The number of aliphatic hydroxyl groups is 1. The lowest BCUT2D eigenvalue weighted by Crippen LogP contribution is -2.49. The first kappa shape index (κ1) is 20.0. The third kappa shape index (κ3) is 3.90. The third-order valence-electron chi connectivity index (χ3n) is 4.86. The van der Waals surface area contributed by atoms with Gasteiger partial charge in [-0.2, -0.15) is 0 Å². The second kappa shape index (κ2) is 8.95. The molecule has 7 heteroatoms. The number of carbonyl (C=O) groups excluding carboxylic acids is 1. The molecule has 2 unspecified atom stereocenters. The van der Waals surface area contributed by atoms with E-state index in [1.165, 1.54) is 0 Å². The molecule has 3 rings (SSSR count). The number of aliphatic hydroxyl groups excluding tert-OH is 1. The molecule has 1 amide bonds. The van der Waals surface area contributed by atoms with Crippen molar-refractivity contribution in [1.29, 1.82) is 0 Å². The molecule has 1 N–H and O–H groups in total. The number of ether oxygens (including phenoxy) is 4. The molecule has 0 saturated carbocycles. The van der Waals surface area contributed by atoms with E-state index in [9.17, 15) is 9.90 Å². The van der Waals surface area contributed by atoms with Crippen molar-refractivity contribution in [3.63, 3.8) is 0 Å². The summed E-state index contributed by atoms with van der Waals surface area (Å²) < 4.78 is 21.7. The van der Waals surface area contributed by atoms with Gasteiger partial charge in [0, 0.05) is 12.1 Å². The third-order valence-corrected chi connectivity index (χ3v) is 4.86. The highest BCUT2D eigenvalue weighted by Crippen LogP contribution is 2.36. The van der Waals surface area contributed by atoms with E-state index in [0.29, 0.717) is 36.0 Å². The number of nitrogens with zero attached hydrogens (tertiary/aromatic N) is 1. The summed E-state index contributed by atoms with van der Waals surface area (Å²) in [6.07, 6.45) is -0.540. The molecule has 0 bridgehead atoms. The Morgan fingerprint density at radius 2 is 1.89 bits per heavy atom. The topological polar surface area (TPSA) is 77.5 Å². The van der Waals surface area contributed by atoms with Gasteiger partial charge in [0.2, 0.25) is 0 Å². The molecule has 2 aromatic rings. The molecule has 1 heterocycles. The highest BCUT2D eigenvalue weighted by molar-refractivity contribution is 5.95. The molecule has 1 saturated heterocycles. The first-order chi connectivity index (χ1) is 13.6. The van der Waals surface area contributed by atoms with Gasteiger partial charge in [0.25, 0.3) is 5.91 Å². The van der Waals surface area contributed by atoms with Crippen LogP contribution in [0.5, 0.6) is 17.2 Å². The maximum Gasteiger partial charge on any atom is 0.254 e. The molecule has 1 aliphatic rings. The minimum absolute atomic E-state index is 0.152. The van der Waals surface area contributed by atoms with Gasteiger partial charge in [-0.3, -0.25) is 4.79 Å². The summed E-state index contributed by atoms with van der Waals surface area (Å²) in [6.45, 7) is 0.553. The summed E-state index contributed by atoms with van der Waals surface area (Å²) in [5, 5.41) is 9.86. The first-order valence-electron chi connectivity index (χ1n) is 9.02. The molecule has 2 atom stereocenters. The number of morpholine rings is 1. The number of hydrogen-bond acceptors (Lipinski definition) is 6. The van der Waals surface area contributed by atoms with Crippen molar-refractivity contribution in [3.05, 3.63) is 53.6 Å². The lowest BCUT2D eigenvalue weighted by Gasteiger charge is -2.41.